The molecule has 0 saturated heterocycles. The van der Waals surface area contributed by atoms with E-state index < -0.39 is 0 Å². The van der Waals surface area contributed by atoms with Crippen molar-refractivity contribution in [1.29, 1.82) is 0 Å². The van der Waals surface area contributed by atoms with Crippen molar-refractivity contribution in [3.05, 3.63) is 101 Å². The molecule has 0 spiro atoms. The number of benzene rings is 3. The number of fused-ring (bicyclic) bond motifs is 1. The molecule has 1 saturated carbocycles. The Bertz CT molecular complexity index is 1100. The molecule has 33 heavy (non-hydrogen) atoms. The molecule has 0 heterocycles. The minimum Gasteiger partial charge on any atom is -0.468 e. The molecule has 0 N–H and O–H groups in total. The van der Waals surface area contributed by atoms with E-state index in [0.717, 1.165) is 36.1 Å². The van der Waals surface area contributed by atoms with E-state index in [0.29, 0.717) is 18.8 Å². The van der Waals surface area contributed by atoms with Crippen LogP contribution in [0.1, 0.15) is 72.3 Å². The van der Waals surface area contributed by atoms with E-state index in [4.69, 9.17) is 9.47 Å². The summed E-state index contributed by atoms with van der Waals surface area (Å²) in [7, 11) is 0. The fraction of sp³-hybridized carbons (Fsp3) is 0.355. The van der Waals surface area contributed by atoms with Crippen LogP contribution < -0.4 is 4.74 Å². The second-order valence-corrected chi connectivity index (χ2v) is 9.29. The monoisotopic (exact) mass is 436 g/mol. The Morgan fingerprint density at radius 3 is 2.09 bits per heavy atom. The van der Waals surface area contributed by atoms with Crippen LogP contribution in [0.25, 0.3) is 0 Å². The van der Waals surface area contributed by atoms with Crippen LogP contribution in [-0.4, -0.2) is 12.9 Å². The number of hydrogen-bond donors (Lipinski definition) is 0. The van der Waals surface area contributed by atoms with Crippen molar-refractivity contribution in [2.75, 3.05) is 6.79 Å². The summed E-state index contributed by atoms with van der Waals surface area (Å²) in [6.45, 7) is 0.328. The zero-order valence-corrected chi connectivity index (χ0v) is 19.3. The van der Waals surface area contributed by atoms with Gasteiger partial charge in [-0.1, -0.05) is 67.5 Å². The first-order valence-corrected chi connectivity index (χ1v) is 12.4. The standard InChI is InChI=1S/C31H32O2/c1-2-8-30(9-3-1)32-23-33-31-20-14-25(15-21-31)11-10-24-12-16-27(17-13-24)29-19-18-26-6-4-5-7-28(26)22-29/h4-7,12-17,20-21,29-30H,1-3,8-9,18-19,22-23H2. The van der Waals surface area contributed by atoms with Gasteiger partial charge in [0.1, 0.15) is 5.75 Å². The highest BCUT2D eigenvalue weighted by Crippen LogP contribution is 2.32. The summed E-state index contributed by atoms with van der Waals surface area (Å²) >= 11 is 0. The molecule has 0 radical (unpaired) electrons. The molecule has 3 aromatic carbocycles. The molecule has 2 aliphatic carbocycles. The van der Waals surface area contributed by atoms with Crippen molar-refractivity contribution in [3.8, 4) is 17.6 Å². The number of aryl methyl sites for hydroxylation is 1. The number of ether oxygens (including phenoxy) is 2. The molecule has 1 fully saturated rings. The highest BCUT2D eigenvalue weighted by molar-refractivity contribution is 5.45. The van der Waals surface area contributed by atoms with Gasteiger partial charge in [0.2, 0.25) is 0 Å². The van der Waals surface area contributed by atoms with E-state index in [9.17, 15) is 0 Å². The van der Waals surface area contributed by atoms with Crippen LogP contribution in [-0.2, 0) is 17.6 Å². The molecule has 0 amide bonds. The Hall–Kier alpha value is -3.02. The van der Waals surface area contributed by atoms with Gasteiger partial charge in [-0.2, -0.15) is 0 Å². The van der Waals surface area contributed by atoms with E-state index in [-0.39, 0.29) is 0 Å². The third-order valence-electron chi connectivity index (χ3n) is 7.02. The van der Waals surface area contributed by atoms with Crippen molar-refractivity contribution in [3.63, 3.8) is 0 Å². The first kappa shape index (κ1) is 21.8. The third-order valence-corrected chi connectivity index (χ3v) is 7.02. The van der Waals surface area contributed by atoms with E-state index in [1.165, 1.54) is 48.8 Å². The average Bonchev–Trinajstić information content (AvgIpc) is 2.89. The van der Waals surface area contributed by atoms with Gasteiger partial charge in [-0.15, -0.1) is 0 Å². The molecule has 2 heteroatoms. The minimum atomic E-state index is 0.328. The summed E-state index contributed by atoms with van der Waals surface area (Å²) in [5.74, 6) is 8.00. The Morgan fingerprint density at radius 1 is 0.697 bits per heavy atom. The molecule has 3 aromatic rings. The van der Waals surface area contributed by atoms with Gasteiger partial charge in [-0.3, -0.25) is 0 Å². The van der Waals surface area contributed by atoms with Crippen molar-refractivity contribution in [2.45, 2.75) is 63.4 Å². The lowest BCUT2D eigenvalue weighted by molar-refractivity contribution is -0.0496. The van der Waals surface area contributed by atoms with E-state index in [1.54, 1.807) is 0 Å². The maximum atomic E-state index is 5.84. The third kappa shape index (κ3) is 5.86. The lowest BCUT2D eigenvalue weighted by Gasteiger charge is -2.25. The second kappa shape index (κ2) is 10.7. The van der Waals surface area contributed by atoms with Gasteiger partial charge in [0.25, 0.3) is 0 Å². The van der Waals surface area contributed by atoms with Crippen LogP contribution in [0.4, 0.5) is 0 Å². The summed E-state index contributed by atoms with van der Waals surface area (Å²) in [6.07, 6.45) is 10.1. The van der Waals surface area contributed by atoms with Crippen molar-refractivity contribution >= 4 is 0 Å². The van der Waals surface area contributed by atoms with Crippen LogP contribution in [0.3, 0.4) is 0 Å². The van der Waals surface area contributed by atoms with Gasteiger partial charge in [0.05, 0.1) is 6.10 Å². The fourth-order valence-electron chi connectivity index (χ4n) is 5.03. The van der Waals surface area contributed by atoms with Gasteiger partial charge in [-0.05, 0) is 91.1 Å². The first-order chi connectivity index (χ1) is 16.3. The minimum absolute atomic E-state index is 0.328. The summed E-state index contributed by atoms with van der Waals surface area (Å²) in [4.78, 5) is 0. The summed E-state index contributed by atoms with van der Waals surface area (Å²) in [6, 6.07) is 25.6. The number of hydrogen-bond acceptors (Lipinski definition) is 2. The lowest BCUT2D eigenvalue weighted by atomic mass is 9.80. The number of rotatable bonds is 5. The predicted molar refractivity (Wildman–Crippen MR) is 134 cm³/mol. The average molecular weight is 437 g/mol. The molecule has 0 aliphatic heterocycles. The molecule has 0 aromatic heterocycles. The summed E-state index contributed by atoms with van der Waals surface area (Å²) in [5, 5.41) is 0. The van der Waals surface area contributed by atoms with Gasteiger partial charge >= 0.3 is 0 Å². The van der Waals surface area contributed by atoms with Gasteiger partial charge in [-0.25, -0.2) is 0 Å². The summed E-state index contributed by atoms with van der Waals surface area (Å²) in [5.41, 5.74) is 6.49. The van der Waals surface area contributed by atoms with Gasteiger partial charge in [0.15, 0.2) is 6.79 Å². The SMILES string of the molecule is C(#Cc1ccc(C2CCc3ccccc3C2)cc1)c1ccc(OCOC2CCCCC2)cc1. The maximum Gasteiger partial charge on any atom is 0.189 e. The molecule has 0 bridgehead atoms. The zero-order valence-electron chi connectivity index (χ0n) is 19.3. The van der Waals surface area contributed by atoms with Crippen molar-refractivity contribution < 1.29 is 9.47 Å². The quantitative estimate of drug-likeness (QED) is 0.315. The highest BCUT2D eigenvalue weighted by Gasteiger charge is 2.19. The Balaban J connectivity index is 1.14. The summed E-state index contributed by atoms with van der Waals surface area (Å²) < 4.78 is 11.6. The highest BCUT2D eigenvalue weighted by atomic mass is 16.7. The van der Waals surface area contributed by atoms with E-state index >= 15 is 0 Å². The van der Waals surface area contributed by atoms with Gasteiger partial charge < -0.3 is 9.47 Å². The first-order valence-electron chi connectivity index (χ1n) is 12.4. The van der Waals surface area contributed by atoms with Crippen LogP contribution in [0.5, 0.6) is 5.75 Å². The topological polar surface area (TPSA) is 18.5 Å². The normalized spacial score (nSPS) is 18.1. The Kier molecular flexibility index (Phi) is 7.09. The maximum absolute atomic E-state index is 5.84. The van der Waals surface area contributed by atoms with Crippen LogP contribution in [0, 0.1) is 11.8 Å². The molecule has 2 aliphatic rings. The van der Waals surface area contributed by atoms with E-state index in [1.807, 2.05) is 24.3 Å². The molecular weight excluding hydrogens is 404 g/mol. The van der Waals surface area contributed by atoms with Crippen LogP contribution in [0.2, 0.25) is 0 Å². The van der Waals surface area contributed by atoms with Crippen LogP contribution >= 0.6 is 0 Å². The predicted octanol–water partition coefficient (Wildman–Crippen LogP) is 7.04. The van der Waals surface area contributed by atoms with Crippen LogP contribution in [0.15, 0.2) is 72.8 Å². The zero-order chi connectivity index (χ0) is 22.3. The fourth-order valence-corrected chi connectivity index (χ4v) is 5.03. The van der Waals surface area contributed by atoms with Gasteiger partial charge in [0, 0.05) is 11.1 Å². The smallest absolute Gasteiger partial charge is 0.189 e. The van der Waals surface area contributed by atoms with Crippen molar-refractivity contribution in [1.82, 2.24) is 0 Å². The Morgan fingerprint density at radius 2 is 1.36 bits per heavy atom. The molecular formula is C31H32O2. The van der Waals surface area contributed by atoms with E-state index in [2.05, 4.69) is 60.4 Å². The molecule has 5 rings (SSSR count). The second-order valence-electron chi connectivity index (χ2n) is 9.29. The molecule has 1 atom stereocenters. The molecule has 1 unspecified atom stereocenters. The van der Waals surface area contributed by atoms with Crippen molar-refractivity contribution in [2.24, 2.45) is 0 Å². The molecule has 2 nitrogen and oxygen atoms in total. The molecule has 168 valence electrons. The Labute approximate surface area is 198 Å². The largest absolute Gasteiger partial charge is 0.468 e. The lowest BCUT2D eigenvalue weighted by Crippen LogP contribution is -2.19.